The fraction of sp³-hybridized carbons (Fsp3) is 0.438. The number of rotatable bonds is 4. The van der Waals surface area contributed by atoms with E-state index in [1.54, 1.807) is 21.9 Å². The van der Waals surface area contributed by atoms with E-state index >= 15 is 0 Å². The van der Waals surface area contributed by atoms with Crippen LogP contribution in [-0.4, -0.2) is 51.9 Å². The van der Waals surface area contributed by atoms with Crippen molar-refractivity contribution in [1.82, 2.24) is 25.0 Å². The molecule has 1 fully saturated rings. The molecule has 0 radical (unpaired) electrons. The minimum atomic E-state index is -0.278. The summed E-state index contributed by atoms with van der Waals surface area (Å²) < 4.78 is 20.6. The van der Waals surface area contributed by atoms with Crippen LogP contribution < -0.4 is 5.32 Å². The van der Waals surface area contributed by atoms with Gasteiger partial charge in [-0.1, -0.05) is 12.1 Å². The van der Waals surface area contributed by atoms with E-state index < -0.39 is 0 Å². The molecule has 128 valence electrons. The number of halogens is 1. The van der Waals surface area contributed by atoms with E-state index in [2.05, 4.69) is 15.5 Å². The zero-order chi connectivity index (χ0) is 16.9. The summed E-state index contributed by atoms with van der Waals surface area (Å²) in [5.41, 5.74) is 0.856. The number of aryl methyl sites for hydroxylation is 1. The van der Waals surface area contributed by atoms with Gasteiger partial charge in [-0.15, -0.1) is 10.2 Å². The van der Waals surface area contributed by atoms with Gasteiger partial charge in [-0.05, 0) is 24.1 Å². The van der Waals surface area contributed by atoms with E-state index in [1.807, 2.05) is 13.1 Å². The van der Waals surface area contributed by atoms with Gasteiger partial charge in [-0.2, -0.15) is 0 Å². The Bertz CT molecular complexity index is 705. The SMILES string of the molecule is Cn1cnnc1[C@H]1CN(C(=O)NCCc2cccc(F)c2)CCO1. The Labute approximate surface area is 139 Å². The standard InChI is InChI=1S/C16H20FN5O2/c1-21-11-19-20-15(21)14-10-22(7-8-24-14)16(23)18-6-5-12-3-2-4-13(17)9-12/h2-4,9,11,14H,5-8,10H2,1H3,(H,18,23)/t14-/m1/s1. The number of benzene rings is 1. The van der Waals surface area contributed by atoms with Crippen LogP contribution in [0, 0.1) is 5.82 Å². The molecule has 0 saturated carbocycles. The summed E-state index contributed by atoms with van der Waals surface area (Å²) in [5, 5.41) is 10.7. The topological polar surface area (TPSA) is 72.3 Å². The molecule has 0 aliphatic carbocycles. The molecule has 2 heterocycles. The highest BCUT2D eigenvalue weighted by Crippen LogP contribution is 2.19. The van der Waals surface area contributed by atoms with Crippen LogP contribution in [0.15, 0.2) is 30.6 Å². The average molecular weight is 333 g/mol. The van der Waals surface area contributed by atoms with Crippen LogP contribution in [0.25, 0.3) is 0 Å². The minimum absolute atomic E-state index is 0.151. The lowest BCUT2D eigenvalue weighted by molar-refractivity contribution is -0.0214. The lowest BCUT2D eigenvalue weighted by Crippen LogP contribution is -2.47. The molecule has 1 aromatic heterocycles. The number of aromatic nitrogens is 3. The number of hydrogen-bond acceptors (Lipinski definition) is 4. The first-order valence-corrected chi connectivity index (χ1v) is 7.86. The van der Waals surface area contributed by atoms with Gasteiger partial charge in [0.1, 0.15) is 18.2 Å². The van der Waals surface area contributed by atoms with Crippen LogP contribution in [0.5, 0.6) is 0 Å². The van der Waals surface area contributed by atoms with Crippen molar-refractivity contribution in [2.24, 2.45) is 7.05 Å². The molecule has 0 bridgehead atoms. The van der Waals surface area contributed by atoms with E-state index in [4.69, 9.17) is 4.74 Å². The van der Waals surface area contributed by atoms with Crippen LogP contribution in [0.3, 0.4) is 0 Å². The first kappa shape index (κ1) is 16.4. The van der Waals surface area contributed by atoms with Gasteiger partial charge < -0.3 is 19.5 Å². The number of carbonyl (C=O) groups excluding carboxylic acids is 1. The van der Waals surface area contributed by atoms with Gasteiger partial charge in [0.15, 0.2) is 5.82 Å². The third-order valence-electron chi connectivity index (χ3n) is 3.97. The fourth-order valence-corrected chi connectivity index (χ4v) is 2.69. The van der Waals surface area contributed by atoms with Crippen molar-refractivity contribution in [3.63, 3.8) is 0 Å². The summed E-state index contributed by atoms with van der Waals surface area (Å²) >= 11 is 0. The second-order valence-electron chi connectivity index (χ2n) is 5.72. The number of ether oxygens (including phenoxy) is 1. The van der Waals surface area contributed by atoms with E-state index in [-0.39, 0.29) is 18.0 Å². The van der Waals surface area contributed by atoms with E-state index in [0.717, 1.165) is 5.56 Å². The average Bonchev–Trinajstić information content (AvgIpc) is 3.01. The highest BCUT2D eigenvalue weighted by molar-refractivity contribution is 5.74. The number of nitrogens with one attached hydrogen (secondary N) is 1. The third kappa shape index (κ3) is 3.88. The van der Waals surface area contributed by atoms with Gasteiger partial charge in [0.25, 0.3) is 0 Å². The number of amides is 2. The monoisotopic (exact) mass is 333 g/mol. The minimum Gasteiger partial charge on any atom is -0.366 e. The first-order chi connectivity index (χ1) is 11.6. The highest BCUT2D eigenvalue weighted by Gasteiger charge is 2.28. The summed E-state index contributed by atoms with van der Waals surface area (Å²) in [6.45, 7) is 1.86. The van der Waals surface area contributed by atoms with E-state index in [9.17, 15) is 9.18 Å². The van der Waals surface area contributed by atoms with Crippen molar-refractivity contribution >= 4 is 6.03 Å². The van der Waals surface area contributed by atoms with E-state index in [1.165, 1.54) is 12.1 Å². The van der Waals surface area contributed by atoms with Gasteiger partial charge in [-0.3, -0.25) is 0 Å². The lowest BCUT2D eigenvalue weighted by Gasteiger charge is -2.32. The zero-order valence-corrected chi connectivity index (χ0v) is 13.5. The summed E-state index contributed by atoms with van der Waals surface area (Å²) in [6.07, 6.45) is 1.91. The van der Waals surface area contributed by atoms with Crippen LogP contribution in [0.1, 0.15) is 17.5 Å². The molecule has 8 heteroatoms. The van der Waals surface area contributed by atoms with Gasteiger partial charge in [0.2, 0.25) is 0 Å². The maximum atomic E-state index is 13.1. The number of morpholine rings is 1. The van der Waals surface area contributed by atoms with Crippen molar-refractivity contribution in [3.8, 4) is 0 Å². The Morgan fingerprint density at radius 2 is 2.38 bits per heavy atom. The Hall–Kier alpha value is -2.48. The molecule has 2 amide bonds. The van der Waals surface area contributed by atoms with Crippen molar-refractivity contribution in [1.29, 1.82) is 0 Å². The third-order valence-corrected chi connectivity index (χ3v) is 3.97. The lowest BCUT2D eigenvalue weighted by atomic mass is 10.1. The number of urea groups is 1. The predicted octanol–water partition coefficient (Wildman–Crippen LogP) is 1.28. The Morgan fingerprint density at radius 1 is 1.50 bits per heavy atom. The van der Waals surface area contributed by atoms with Crippen LogP contribution in [-0.2, 0) is 18.2 Å². The molecule has 1 atom stereocenters. The molecule has 1 aliphatic rings. The molecular formula is C16H20FN5O2. The Morgan fingerprint density at radius 3 is 3.12 bits per heavy atom. The van der Waals surface area contributed by atoms with Crippen molar-refractivity contribution in [3.05, 3.63) is 47.8 Å². The van der Waals surface area contributed by atoms with Crippen LogP contribution in [0.2, 0.25) is 0 Å². The van der Waals surface area contributed by atoms with Gasteiger partial charge in [0, 0.05) is 20.1 Å². The number of carbonyl (C=O) groups is 1. The molecule has 0 spiro atoms. The van der Waals surface area contributed by atoms with Crippen LogP contribution in [0.4, 0.5) is 9.18 Å². The summed E-state index contributed by atoms with van der Waals surface area (Å²) in [5.74, 6) is 0.436. The molecule has 1 aliphatic heterocycles. The molecule has 1 aromatic carbocycles. The van der Waals surface area contributed by atoms with E-state index in [0.29, 0.717) is 38.5 Å². The molecule has 1 saturated heterocycles. The first-order valence-electron chi connectivity index (χ1n) is 7.86. The normalized spacial score (nSPS) is 17.8. The maximum absolute atomic E-state index is 13.1. The van der Waals surface area contributed by atoms with Crippen molar-refractivity contribution < 1.29 is 13.9 Å². The molecule has 24 heavy (non-hydrogen) atoms. The Kier molecular flexibility index (Phi) is 5.05. The molecular weight excluding hydrogens is 313 g/mol. The zero-order valence-electron chi connectivity index (χ0n) is 13.5. The summed E-state index contributed by atoms with van der Waals surface area (Å²) in [7, 11) is 1.84. The molecule has 7 nitrogen and oxygen atoms in total. The van der Waals surface area contributed by atoms with Gasteiger partial charge in [-0.25, -0.2) is 9.18 Å². The fourth-order valence-electron chi connectivity index (χ4n) is 2.69. The second kappa shape index (κ2) is 7.39. The summed E-state index contributed by atoms with van der Waals surface area (Å²) in [4.78, 5) is 14.0. The number of hydrogen-bond donors (Lipinski definition) is 1. The molecule has 2 aromatic rings. The second-order valence-corrected chi connectivity index (χ2v) is 5.72. The largest absolute Gasteiger partial charge is 0.366 e. The predicted molar refractivity (Wildman–Crippen MR) is 84.8 cm³/mol. The quantitative estimate of drug-likeness (QED) is 0.915. The molecule has 3 rings (SSSR count). The van der Waals surface area contributed by atoms with Crippen molar-refractivity contribution in [2.45, 2.75) is 12.5 Å². The number of nitrogens with zero attached hydrogens (tertiary/aromatic N) is 4. The van der Waals surface area contributed by atoms with Gasteiger partial charge in [0.05, 0.1) is 13.2 Å². The Balaban J connectivity index is 1.50. The summed E-state index contributed by atoms with van der Waals surface area (Å²) in [6, 6.07) is 6.24. The smallest absolute Gasteiger partial charge is 0.317 e. The van der Waals surface area contributed by atoms with Crippen molar-refractivity contribution in [2.75, 3.05) is 26.2 Å². The molecule has 1 N–H and O–H groups in total. The maximum Gasteiger partial charge on any atom is 0.317 e. The van der Waals surface area contributed by atoms with Crippen LogP contribution >= 0.6 is 0 Å². The molecule has 0 unspecified atom stereocenters. The highest BCUT2D eigenvalue weighted by atomic mass is 19.1. The van der Waals surface area contributed by atoms with Gasteiger partial charge >= 0.3 is 6.03 Å².